The third-order valence-corrected chi connectivity index (χ3v) is 5.39. The van der Waals surface area contributed by atoms with Gasteiger partial charge in [-0.25, -0.2) is 0 Å². The van der Waals surface area contributed by atoms with Gasteiger partial charge in [-0.1, -0.05) is 48.5 Å². The van der Waals surface area contributed by atoms with Gasteiger partial charge in [0.05, 0.1) is 30.9 Å². The molecular weight excluding hydrogens is 362 g/mol. The summed E-state index contributed by atoms with van der Waals surface area (Å²) in [4.78, 5) is 3.68. The van der Waals surface area contributed by atoms with Crippen LogP contribution in [0.2, 0.25) is 0 Å². The summed E-state index contributed by atoms with van der Waals surface area (Å²) in [5.74, 6) is 0.855. The Kier molecular flexibility index (Phi) is 4.80. The van der Waals surface area contributed by atoms with Crippen LogP contribution >= 0.6 is 0 Å². The molecule has 1 N–H and O–H groups in total. The highest BCUT2D eigenvalue weighted by atomic mass is 16.5. The van der Waals surface area contributed by atoms with Crippen molar-refractivity contribution in [2.75, 3.05) is 33.5 Å². The minimum absolute atomic E-state index is 0.524. The quantitative estimate of drug-likeness (QED) is 0.367. The average Bonchev–Trinajstić information content (AvgIpc) is 3.15. The highest BCUT2D eigenvalue weighted by Crippen LogP contribution is 2.35. The summed E-state index contributed by atoms with van der Waals surface area (Å²) < 4.78 is 16.3. The van der Waals surface area contributed by atoms with Crippen LogP contribution in [0.15, 0.2) is 66.7 Å². The van der Waals surface area contributed by atoms with Gasteiger partial charge in [-0.2, -0.15) is 0 Å². The summed E-state index contributed by atoms with van der Waals surface area (Å²) in [7, 11) is 1.67. The van der Waals surface area contributed by atoms with Crippen LogP contribution in [0.25, 0.3) is 43.4 Å². The second kappa shape index (κ2) is 7.74. The summed E-state index contributed by atoms with van der Waals surface area (Å²) in [6.45, 7) is 2.27. The molecule has 0 fully saturated rings. The van der Waals surface area contributed by atoms with Crippen LogP contribution in [-0.4, -0.2) is 38.5 Å². The first-order valence-corrected chi connectivity index (χ1v) is 9.90. The van der Waals surface area contributed by atoms with Gasteiger partial charge in [0.2, 0.25) is 0 Å². The van der Waals surface area contributed by atoms with Crippen LogP contribution in [0, 0.1) is 0 Å². The number of rotatable bonds is 7. The molecule has 0 aliphatic rings. The molecule has 0 aliphatic carbocycles. The first-order chi connectivity index (χ1) is 14.3. The lowest BCUT2D eigenvalue weighted by atomic mass is 10.0. The van der Waals surface area contributed by atoms with Crippen LogP contribution in [0.5, 0.6) is 5.75 Å². The van der Waals surface area contributed by atoms with E-state index < -0.39 is 0 Å². The fourth-order valence-corrected chi connectivity index (χ4v) is 3.98. The van der Waals surface area contributed by atoms with Gasteiger partial charge in [-0.3, -0.25) is 0 Å². The van der Waals surface area contributed by atoms with Crippen LogP contribution in [-0.2, 0) is 9.47 Å². The van der Waals surface area contributed by atoms with E-state index in [0.717, 1.165) is 11.1 Å². The predicted octanol–water partition coefficient (Wildman–Crippen LogP) is 5.67. The number of aromatic amines is 1. The van der Waals surface area contributed by atoms with E-state index in [2.05, 4.69) is 65.6 Å². The molecule has 146 valence electrons. The molecule has 4 heteroatoms. The molecule has 0 amide bonds. The smallest absolute Gasteiger partial charge is 0.120 e. The molecule has 0 aliphatic heterocycles. The topological polar surface area (TPSA) is 43.5 Å². The normalized spacial score (nSPS) is 11.8. The van der Waals surface area contributed by atoms with E-state index >= 15 is 0 Å². The van der Waals surface area contributed by atoms with E-state index in [1.165, 1.54) is 38.0 Å². The van der Waals surface area contributed by atoms with Gasteiger partial charge in [0, 0.05) is 28.7 Å². The maximum absolute atomic E-state index is 5.85. The lowest BCUT2D eigenvalue weighted by Gasteiger charge is -2.08. The Morgan fingerprint density at radius 3 is 2.17 bits per heavy atom. The molecule has 1 heterocycles. The summed E-state index contributed by atoms with van der Waals surface area (Å²) in [6.07, 6.45) is 0. The predicted molar refractivity (Wildman–Crippen MR) is 119 cm³/mol. The Hall–Kier alpha value is -3.08. The molecule has 0 atom stereocenters. The zero-order valence-electron chi connectivity index (χ0n) is 16.4. The highest BCUT2D eigenvalue weighted by Gasteiger charge is 2.10. The average molecular weight is 385 g/mol. The van der Waals surface area contributed by atoms with Crippen molar-refractivity contribution in [3.63, 3.8) is 0 Å². The van der Waals surface area contributed by atoms with E-state index in [9.17, 15) is 0 Å². The summed E-state index contributed by atoms with van der Waals surface area (Å²) in [5, 5.41) is 7.37. The monoisotopic (exact) mass is 385 g/mol. The van der Waals surface area contributed by atoms with Crippen molar-refractivity contribution in [3.05, 3.63) is 66.7 Å². The van der Waals surface area contributed by atoms with Gasteiger partial charge in [-0.05, 0) is 29.0 Å². The Morgan fingerprint density at radius 2 is 1.34 bits per heavy atom. The molecule has 0 spiro atoms. The lowest BCUT2D eigenvalue weighted by molar-refractivity contribution is 0.0544. The van der Waals surface area contributed by atoms with E-state index in [0.29, 0.717) is 26.4 Å². The van der Waals surface area contributed by atoms with Crippen molar-refractivity contribution in [1.29, 1.82) is 0 Å². The van der Waals surface area contributed by atoms with Gasteiger partial charge < -0.3 is 19.2 Å². The number of H-pyrrole nitrogens is 1. The van der Waals surface area contributed by atoms with Crippen molar-refractivity contribution >= 4 is 43.4 Å². The molecule has 4 nitrogen and oxygen atoms in total. The van der Waals surface area contributed by atoms with Gasteiger partial charge in [-0.15, -0.1) is 0 Å². The van der Waals surface area contributed by atoms with Gasteiger partial charge in [0.15, 0.2) is 0 Å². The molecule has 29 heavy (non-hydrogen) atoms. The Labute approximate surface area is 169 Å². The Balaban J connectivity index is 1.49. The number of fused-ring (bicyclic) bond motifs is 7. The molecule has 0 unspecified atom stereocenters. The maximum atomic E-state index is 5.85. The largest absolute Gasteiger partial charge is 0.491 e. The summed E-state index contributed by atoms with van der Waals surface area (Å²) in [6, 6.07) is 23.5. The van der Waals surface area contributed by atoms with E-state index in [1.54, 1.807) is 7.11 Å². The zero-order valence-corrected chi connectivity index (χ0v) is 16.4. The van der Waals surface area contributed by atoms with Crippen molar-refractivity contribution in [1.82, 2.24) is 4.98 Å². The van der Waals surface area contributed by atoms with E-state index in [1.807, 2.05) is 6.07 Å². The molecule has 0 saturated heterocycles. The van der Waals surface area contributed by atoms with Crippen LogP contribution < -0.4 is 4.74 Å². The molecule has 5 rings (SSSR count). The number of methoxy groups -OCH3 is 1. The standard InChI is InChI=1S/C25H23NO3/c1-27-12-13-28-14-15-29-19-8-11-21-18(16-19)7-10-23-22-9-6-17-4-2-3-5-20(17)24(22)26-25(21)23/h2-11,16,26H,12-15H2,1H3. The molecular formula is C25H23NO3. The van der Waals surface area contributed by atoms with E-state index in [-0.39, 0.29) is 0 Å². The fourth-order valence-electron chi connectivity index (χ4n) is 3.98. The molecule has 1 aromatic heterocycles. The minimum Gasteiger partial charge on any atom is -0.491 e. The number of aromatic nitrogens is 1. The minimum atomic E-state index is 0.524. The SMILES string of the molecule is COCCOCCOc1ccc2c(ccc3c4ccc5ccccc5c4[nH]c23)c1. The maximum Gasteiger partial charge on any atom is 0.120 e. The van der Waals surface area contributed by atoms with Crippen LogP contribution in [0.4, 0.5) is 0 Å². The fraction of sp³-hybridized carbons (Fsp3) is 0.200. The molecule has 0 saturated carbocycles. The number of hydrogen-bond acceptors (Lipinski definition) is 3. The van der Waals surface area contributed by atoms with Gasteiger partial charge in [0.25, 0.3) is 0 Å². The second-order valence-corrected chi connectivity index (χ2v) is 7.16. The van der Waals surface area contributed by atoms with Crippen molar-refractivity contribution in [3.8, 4) is 5.75 Å². The lowest BCUT2D eigenvalue weighted by Crippen LogP contribution is -2.09. The van der Waals surface area contributed by atoms with Crippen molar-refractivity contribution < 1.29 is 14.2 Å². The molecule has 0 bridgehead atoms. The van der Waals surface area contributed by atoms with Crippen molar-refractivity contribution in [2.45, 2.75) is 0 Å². The van der Waals surface area contributed by atoms with Crippen LogP contribution in [0.3, 0.4) is 0 Å². The molecule has 0 radical (unpaired) electrons. The molecule has 4 aromatic carbocycles. The summed E-state index contributed by atoms with van der Waals surface area (Å²) >= 11 is 0. The number of hydrogen-bond donors (Lipinski definition) is 1. The third kappa shape index (κ3) is 3.31. The first kappa shape index (κ1) is 18.0. The van der Waals surface area contributed by atoms with Gasteiger partial charge in [0.1, 0.15) is 12.4 Å². The number of ether oxygens (including phenoxy) is 3. The zero-order chi connectivity index (χ0) is 19.6. The second-order valence-electron chi connectivity index (χ2n) is 7.16. The number of benzene rings is 4. The van der Waals surface area contributed by atoms with E-state index in [4.69, 9.17) is 14.2 Å². The number of nitrogens with one attached hydrogen (secondary N) is 1. The van der Waals surface area contributed by atoms with Crippen LogP contribution in [0.1, 0.15) is 0 Å². The highest BCUT2D eigenvalue weighted by molar-refractivity contribution is 6.22. The Morgan fingerprint density at radius 1 is 0.655 bits per heavy atom. The molecule has 5 aromatic rings. The first-order valence-electron chi connectivity index (χ1n) is 9.90. The third-order valence-electron chi connectivity index (χ3n) is 5.39. The van der Waals surface area contributed by atoms with Crippen molar-refractivity contribution in [2.24, 2.45) is 0 Å². The van der Waals surface area contributed by atoms with Gasteiger partial charge >= 0.3 is 0 Å². The Bertz CT molecular complexity index is 1310. The summed E-state index contributed by atoms with van der Waals surface area (Å²) in [5.41, 5.74) is 2.36.